The average Bonchev–Trinajstić information content (AvgIpc) is 2.59. The minimum Gasteiger partial charge on any atom is -0.465 e. The smallest absolute Gasteiger partial charge is 0.337 e. The van der Waals surface area contributed by atoms with Crippen LogP contribution in [-0.4, -0.2) is 35.7 Å². The molecular weight excluding hydrogens is 328 g/mol. The molecule has 0 unspecified atom stereocenters. The van der Waals surface area contributed by atoms with E-state index in [0.717, 1.165) is 23.2 Å². The highest BCUT2D eigenvalue weighted by Crippen LogP contribution is 2.27. The van der Waals surface area contributed by atoms with Crippen LogP contribution in [0.1, 0.15) is 42.5 Å². The number of thioether (sulfide) groups is 1. The second-order valence-electron chi connectivity index (χ2n) is 5.58. The Morgan fingerprint density at radius 2 is 2.13 bits per heavy atom. The van der Waals surface area contributed by atoms with Crippen molar-refractivity contribution in [2.45, 2.75) is 37.4 Å². The third-order valence-electron chi connectivity index (χ3n) is 3.83. The molecule has 126 valence electrons. The van der Waals surface area contributed by atoms with Crippen LogP contribution in [0.25, 0.3) is 0 Å². The summed E-state index contributed by atoms with van der Waals surface area (Å²) in [6.07, 6.45) is 6.86. The number of methoxy groups -OCH3 is 1. The summed E-state index contributed by atoms with van der Waals surface area (Å²) in [7, 11) is 1.37. The lowest BCUT2D eigenvalue weighted by molar-refractivity contribution is 0.0601. The van der Waals surface area contributed by atoms with Crippen molar-refractivity contribution in [2.75, 3.05) is 24.7 Å². The van der Waals surface area contributed by atoms with E-state index >= 15 is 0 Å². The first kappa shape index (κ1) is 18.1. The Bertz CT molecular complexity index is 531. The molecule has 1 aromatic rings. The summed E-state index contributed by atoms with van der Waals surface area (Å²) in [5, 5.41) is 7.72. The van der Waals surface area contributed by atoms with E-state index in [9.17, 15) is 4.79 Å². The first-order valence-corrected chi connectivity index (χ1v) is 9.49. The highest BCUT2D eigenvalue weighted by atomic mass is 32.2. The van der Waals surface area contributed by atoms with E-state index in [1.54, 1.807) is 18.2 Å². The molecule has 6 heteroatoms. The van der Waals surface area contributed by atoms with Gasteiger partial charge in [-0.1, -0.05) is 25.3 Å². The molecule has 0 amide bonds. The fourth-order valence-corrected chi connectivity index (χ4v) is 4.08. The van der Waals surface area contributed by atoms with Gasteiger partial charge in [0.15, 0.2) is 5.11 Å². The van der Waals surface area contributed by atoms with Gasteiger partial charge in [-0.3, -0.25) is 0 Å². The van der Waals surface area contributed by atoms with Crippen LogP contribution in [0.5, 0.6) is 0 Å². The fraction of sp³-hybridized carbons (Fsp3) is 0.529. The van der Waals surface area contributed by atoms with E-state index in [0.29, 0.717) is 10.7 Å². The molecule has 0 saturated heterocycles. The number of thiocarbonyl (C=S) groups is 1. The zero-order chi connectivity index (χ0) is 16.5. The maximum Gasteiger partial charge on any atom is 0.337 e. The van der Waals surface area contributed by atoms with Crippen LogP contribution in [-0.2, 0) is 4.74 Å². The van der Waals surface area contributed by atoms with Gasteiger partial charge in [-0.05, 0) is 43.3 Å². The Morgan fingerprint density at radius 3 is 2.87 bits per heavy atom. The second-order valence-corrected chi connectivity index (χ2v) is 7.40. The Labute approximate surface area is 147 Å². The summed E-state index contributed by atoms with van der Waals surface area (Å²) in [6.45, 7) is 0.851. The van der Waals surface area contributed by atoms with Crippen molar-refractivity contribution in [2.24, 2.45) is 0 Å². The number of benzene rings is 1. The fourth-order valence-electron chi connectivity index (χ4n) is 2.64. The molecule has 2 rings (SSSR count). The molecule has 1 aliphatic carbocycles. The quantitative estimate of drug-likeness (QED) is 0.461. The van der Waals surface area contributed by atoms with Crippen molar-refractivity contribution >= 4 is 40.7 Å². The molecule has 4 nitrogen and oxygen atoms in total. The molecule has 1 fully saturated rings. The SMILES string of the molecule is COC(=O)c1cccc(NC(=S)NCCSC2CCCCC2)c1. The number of carbonyl (C=O) groups excluding carboxylic acids is 1. The minimum atomic E-state index is -0.351. The van der Waals surface area contributed by atoms with E-state index < -0.39 is 0 Å². The molecule has 0 bridgehead atoms. The van der Waals surface area contributed by atoms with Crippen LogP contribution < -0.4 is 10.6 Å². The Kier molecular flexibility index (Phi) is 7.68. The molecule has 23 heavy (non-hydrogen) atoms. The molecule has 2 N–H and O–H groups in total. The summed E-state index contributed by atoms with van der Waals surface area (Å²) < 4.78 is 4.72. The van der Waals surface area contributed by atoms with E-state index in [1.807, 2.05) is 17.8 Å². The summed E-state index contributed by atoms with van der Waals surface area (Å²) in [6, 6.07) is 7.12. The topological polar surface area (TPSA) is 50.4 Å². The molecule has 1 aromatic carbocycles. The molecule has 0 aromatic heterocycles. The molecule has 0 radical (unpaired) electrons. The van der Waals surface area contributed by atoms with E-state index in [-0.39, 0.29) is 5.97 Å². The molecule has 0 spiro atoms. The maximum atomic E-state index is 11.5. The predicted molar refractivity (Wildman–Crippen MR) is 101 cm³/mol. The van der Waals surface area contributed by atoms with Crippen LogP contribution in [0.4, 0.5) is 5.69 Å². The van der Waals surface area contributed by atoms with Crippen LogP contribution >= 0.6 is 24.0 Å². The van der Waals surface area contributed by atoms with Gasteiger partial charge in [-0.25, -0.2) is 4.79 Å². The molecule has 1 aliphatic rings. The highest BCUT2D eigenvalue weighted by molar-refractivity contribution is 7.99. The van der Waals surface area contributed by atoms with Crippen molar-refractivity contribution in [1.82, 2.24) is 5.32 Å². The number of rotatable bonds is 6. The Balaban J connectivity index is 1.69. The molecule has 0 aliphatic heterocycles. The van der Waals surface area contributed by atoms with Crippen molar-refractivity contribution in [3.05, 3.63) is 29.8 Å². The number of anilines is 1. The largest absolute Gasteiger partial charge is 0.465 e. The number of nitrogens with one attached hydrogen (secondary N) is 2. The van der Waals surface area contributed by atoms with Gasteiger partial charge in [-0.15, -0.1) is 0 Å². The van der Waals surface area contributed by atoms with E-state index in [4.69, 9.17) is 17.0 Å². The van der Waals surface area contributed by atoms with Gasteiger partial charge in [0, 0.05) is 23.2 Å². The van der Waals surface area contributed by atoms with E-state index in [2.05, 4.69) is 10.6 Å². The monoisotopic (exact) mass is 352 g/mol. The van der Waals surface area contributed by atoms with Gasteiger partial charge in [0.25, 0.3) is 0 Å². The first-order chi connectivity index (χ1) is 11.2. The minimum absolute atomic E-state index is 0.351. The van der Waals surface area contributed by atoms with Crippen LogP contribution in [0, 0.1) is 0 Å². The lowest BCUT2D eigenvalue weighted by Crippen LogP contribution is -2.30. The number of carbonyl (C=O) groups is 1. The van der Waals surface area contributed by atoms with Crippen molar-refractivity contribution in [3.63, 3.8) is 0 Å². The Morgan fingerprint density at radius 1 is 1.35 bits per heavy atom. The second kappa shape index (κ2) is 9.78. The van der Waals surface area contributed by atoms with Gasteiger partial charge in [0.1, 0.15) is 0 Å². The number of hydrogen-bond donors (Lipinski definition) is 2. The maximum absolute atomic E-state index is 11.5. The summed E-state index contributed by atoms with van der Waals surface area (Å²) in [4.78, 5) is 11.5. The molecule has 1 saturated carbocycles. The highest BCUT2D eigenvalue weighted by Gasteiger charge is 2.13. The van der Waals surface area contributed by atoms with Gasteiger partial charge < -0.3 is 15.4 Å². The van der Waals surface area contributed by atoms with Crippen molar-refractivity contribution in [3.8, 4) is 0 Å². The normalized spacial score (nSPS) is 15.0. The number of esters is 1. The molecule has 0 atom stereocenters. The van der Waals surface area contributed by atoms with Crippen LogP contribution in [0.3, 0.4) is 0 Å². The van der Waals surface area contributed by atoms with Crippen molar-refractivity contribution in [1.29, 1.82) is 0 Å². The zero-order valence-corrected chi connectivity index (χ0v) is 15.1. The third-order valence-corrected chi connectivity index (χ3v) is 5.46. The summed E-state index contributed by atoms with van der Waals surface area (Å²) in [5.74, 6) is 0.714. The third kappa shape index (κ3) is 6.39. The van der Waals surface area contributed by atoms with Crippen LogP contribution in [0.15, 0.2) is 24.3 Å². The van der Waals surface area contributed by atoms with Gasteiger partial charge >= 0.3 is 5.97 Å². The lowest BCUT2D eigenvalue weighted by atomic mass is 10.0. The standard InChI is InChI=1S/C17H24N2O2S2/c1-21-16(20)13-6-5-7-14(12-13)19-17(22)18-10-11-23-15-8-3-2-4-9-15/h5-7,12,15H,2-4,8-11H2,1H3,(H2,18,19,22). The van der Waals surface area contributed by atoms with Gasteiger partial charge in [-0.2, -0.15) is 11.8 Å². The summed E-state index contributed by atoms with van der Waals surface area (Å²) in [5.41, 5.74) is 1.29. The molecular formula is C17H24N2O2S2. The number of hydrogen-bond acceptors (Lipinski definition) is 4. The van der Waals surface area contributed by atoms with Gasteiger partial charge in [0.2, 0.25) is 0 Å². The Hall–Kier alpha value is -1.27. The van der Waals surface area contributed by atoms with Gasteiger partial charge in [0.05, 0.1) is 12.7 Å². The van der Waals surface area contributed by atoms with Crippen molar-refractivity contribution < 1.29 is 9.53 Å². The van der Waals surface area contributed by atoms with Crippen LogP contribution in [0.2, 0.25) is 0 Å². The first-order valence-electron chi connectivity index (χ1n) is 8.04. The average molecular weight is 353 g/mol. The number of ether oxygens (including phenoxy) is 1. The van der Waals surface area contributed by atoms with E-state index in [1.165, 1.54) is 39.2 Å². The lowest BCUT2D eigenvalue weighted by Gasteiger charge is -2.21. The molecule has 0 heterocycles. The predicted octanol–water partition coefficient (Wildman–Crippen LogP) is 3.83. The summed E-state index contributed by atoms with van der Waals surface area (Å²) >= 11 is 7.34. The zero-order valence-electron chi connectivity index (χ0n) is 13.5.